The molecule has 0 bridgehead atoms. The monoisotopic (exact) mass is 391 g/mol. The molecule has 2 aliphatic rings. The van der Waals surface area contributed by atoms with Crippen LogP contribution in [0.4, 0.5) is 8.78 Å². The molecule has 6 nitrogen and oxygen atoms in total. The van der Waals surface area contributed by atoms with Crippen LogP contribution in [-0.4, -0.2) is 76.0 Å². The van der Waals surface area contributed by atoms with Crippen LogP contribution in [0, 0.1) is 0 Å². The number of hydrogen-bond donors (Lipinski definition) is 0. The summed E-state index contributed by atoms with van der Waals surface area (Å²) in [5, 5.41) is 0. The van der Waals surface area contributed by atoms with Gasteiger partial charge in [-0.05, 0) is 31.4 Å². The van der Waals surface area contributed by atoms with Crippen LogP contribution < -0.4 is 0 Å². The fraction of sp³-hybridized carbons (Fsp3) is 0.600. The second-order valence-corrected chi connectivity index (χ2v) is 7.66. The molecule has 4 rings (SSSR count). The molecular weight excluding hydrogens is 364 g/mol. The van der Waals surface area contributed by atoms with Crippen molar-refractivity contribution in [3.05, 3.63) is 30.1 Å². The molecule has 2 saturated heterocycles. The molecule has 0 atom stereocenters. The number of carbonyl (C=O) groups excluding carboxylic acids is 1. The van der Waals surface area contributed by atoms with Crippen LogP contribution in [0.1, 0.15) is 31.6 Å². The minimum absolute atomic E-state index is 0.215. The largest absolute Gasteiger partial charge is 0.342 e. The Morgan fingerprint density at radius 3 is 2.36 bits per heavy atom. The average Bonchev–Trinajstić information content (AvgIpc) is 3.08. The van der Waals surface area contributed by atoms with Gasteiger partial charge in [0.25, 0.3) is 0 Å². The minimum atomic E-state index is -2.61. The summed E-state index contributed by atoms with van der Waals surface area (Å²) in [7, 11) is 0. The Morgan fingerprint density at radius 2 is 1.64 bits per heavy atom. The Morgan fingerprint density at radius 1 is 0.964 bits per heavy atom. The fourth-order valence-corrected chi connectivity index (χ4v) is 4.16. The van der Waals surface area contributed by atoms with Crippen LogP contribution in [0.2, 0.25) is 0 Å². The van der Waals surface area contributed by atoms with E-state index in [1.54, 1.807) is 18.2 Å². The van der Waals surface area contributed by atoms with Crippen molar-refractivity contribution < 1.29 is 13.6 Å². The number of benzene rings is 1. The van der Waals surface area contributed by atoms with E-state index in [1.165, 1.54) is 6.42 Å². The number of fused-ring (bicyclic) bond motifs is 1. The summed E-state index contributed by atoms with van der Waals surface area (Å²) in [5.74, 6) is 0.613. The summed E-state index contributed by atoms with van der Waals surface area (Å²) in [4.78, 5) is 23.1. The molecule has 0 saturated carbocycles. The lowest BCUT2D eigenvalue weighted by atomic mass is 10.1. The number of hydrogen-bond acceptors (Lipinski definition) is 4. The Bertz CT molecular complexity index is 810. The van der Waals surface area contributed by atoms with Gasteiger partial charge in [-0.15, -0.1) is 0 Å². The van der Waals surface area contributed by atoms with Crippen molar-refractivity contribution >= 4 is 16.9 Å². The normalized spacial score (nSPS) is 19.6. The first-order valence-electron chi connectivity index (χ1n) is 10.1. The second-order valence-electron chi connectivity index (χ2n) is 7.66. The van der Waals surface area contributed by atoms with E-state index in [2.05, 4.69) is 14.8 Å². The van der Waals surface area contributed by atoms with Gasteiger partial charge in [0.2, 0.25) is 5.91 Å². The zero-order chi connectivity index (χ0) is 19.5. The molecule has 8 heteroatoms. The molecule has 2 aromatic rings. The van der Waals surface area contributed by atoms with Gasteiger partial charge in [0, 0.05) is 39.3 Å². The first-order valence-corrected chi connectivity index (χ1v) is 10.1. The van der Waals surface area contributed by atoms with Crippen LogP contribution in [0.15, 0.2) is 24.3 Å². The van der Waals surface area contributed by atoms with Crippen molar-refractivity contribution in [2.45, 2.75) is 32.4 Å². The number of alkyl halides is 2. The van der Waals surface area contributed by atoms with Gasteiger partial charge in [-0.1, -0.05) is 12.1 Å². The first-order chi connectivity index (χ1) is 13.6. The topological polar surface area (TPSA) is 44.6 Å². The third-order valence-electron chi connectivity index (χ3n) is 5.76. The predicted octanol–water partition coefficient (Wildman–Crippen LogP) is 2.56. The number of carbonyl (C=O) groups is 1. The highest BCUT2D eigenvalue weighted by Crippen LogP contribution is 2.24. The van der Waals surface area contributed by atoms with E-state index in [0.29, 0.717) is 29.9 Å². The SMILES string of the molecule is O=C(CN1CCN(Cc2nc3ccccc3n2C(F)F)CC1)N1CCCCC1. The van der Waals surface area contributed by atoms with Gasteiger partial charge in [0.15, 0.2) is 0 Å². The van der Waals surface area contributed by atoms with Crippen molar-refractivity contribution in [2.24, 2.45) is 0 Å². The number of rotatable bonds is 5. The summed E-state index contributed by atoms with van der Waals surface area (Å²) >= 11 is 0. The molecule has 1 aromatic heterocycles. The number of nitrogens with zero attached hydrogens (tertiary/aromatic N) is 5. The van der Waals surface area contributed by atoms with E-state index in [1.807, 2.05) is 11.0 Å². The Kier molecular flexibility index (Phi) is 5.87. The number of imidazole rings is 1. The lowest BCUT2D eigenvalue weighted by Crippen LogP contribution is -2.50. The molecule has 3 heterocycles. The van der Waals surface area contributed by atoms with Gasteiger partial charge in [0.05, 0.1) is 24.1 Å². The van der Waals surface area contributed by atoms with Crippen molar-refractivity contribution in [3.8, 4) is 0 Å². The molecule has 152 valence electrons. The molecule has 0 radical (unpaired) electrons. The molecule has 2 fully saturated rings. The molecule has 1 amide bonds. The van der Waals surface area contributed by atoms with Gasteiger partial charge in [-0.2, -0.15) is 8.78 Å². The number of para-hydroxylation sites is 2. The zero-order valence-corrected chi connectivity index (χ0v) is 16.1. The third-order valence-corrected chi connectivity index (χ3v) is 5.76. The maximum absolute atomic E-state index is 13.6. The summed E-state index contributed by atoms with van der Waals surface area (Å²) in [6.07, 6.45) is 3.42. The highest BCUT2D eigenvalue weighted by Gasteiger charge is 2.25. The van der Waals surface area contributed by atoms with Crippen LogP contribution in [0.25, 0.3) is 11.0 Å². The Labute approximate surface area is 163 Å². The minimum Gasteiger partial charge on any atom is -0.342 e. The maximum atomic E-state index is 13.6. The van der Waals surface area contributed by atoms with Crippen molar-refractivity contribution in [1.82, 2.24) is 24.3 Å². The number of piperazine rings is 1. The van der Waals surface area contributed by atoms with Gasteiger partial charge < -0.3 is 4.90 Å². The summed E-state index contributed by atoms with van der Waals surface area (Å²) in [6.45, 7) is 3.05. The smallest absolute Gasteiger partial charge is 0.320 e. The summed E-state index contributed by atoms with van der Waals surface area (Å²) in [6, 6.07) is 7.02. The van der Waals surface area contributed by atoms with E-state index >= 15 is 0 Å². The van der Waals surface area contributed by atoms with Gasteiger partial charge in [-0.25, -0.2) is 4.98 Å². The number of likely N-dealkylation sites (tertiary alicyclic amines) is 1. The van der Waals surface area contributed by atoms with Crippen molar-refractivity contribution in [3.63, 3.8) is 0 Å². The maximum Gasteiger partial charge on any atom is 0.320 e. The van der Waals surface area contributed by atoms with Crippen molar-refractivity contribution in [2.75, 3.05) is 45.8 Å². The van der Waals surface area contributed by atoms with Crippen LogP contribution >= 0.6 is 0 Å². The van der Waals surface area contributed by atoms with Crippen molar-refractivity contribution in [1.29, 1.82) is 0 Å². The molecule has 1 aromatic carbocycles. The number of piperidine rings is 1. The fourth-order valence-electron chi connectivity index (χ4n) is 4.16. The third kappa shape index (κ3) is 4.17. The van der Waals surface area contributed by atoms with E-state index < -0.39 is 6.55 Å². The number of aromatic nitrogens is 2. The quantitative estimate of drug-likeness (QED) is 0.786. The summed E-state index contributed by atoms with van der Waals surface area (Å²) < 4.78 is 28.2. The zero-order valence-electron chi connectivity index (χ0n) is 16.1. The van der Waals surface area contributed by atoms with E-state index in [-0.39, 0.29) is 5.91 Å². The van der Waals surface area contributed by atoms with E-state index in [4.69, 9.17) is 0 Å². The van der Waals surface area contributed by atoms with Crippen LogP contribution in [0.5, 0.6) is 0 Å². The molecular formula is C20H27F2N5O. The highest BCUT2D eigenvalue weighted by atomic mass is 19.3. The Hall–Kier alpha value is -2.06. The number of halogens is 2. The molecule has 0 aliphatic carbocycles. The molecule has 0 N–H and O–H groups in total. The lowest BCUT2D eigenvalue weighted by Gasteiger charge is -2.35. The Balaban J connectivity index is 1.34. The number of amides is 1. The second kappa shape index (κ2) is 8.53. The van der Waals surface area contributed by atoms with Crippen LogP contribution in [0.3, 0.4) is 0 Å². The highest BCUT2D eigenvalue weighted by molar-refractivity contribution is 5.78. The molecule has 2 aliphatic heterocycles. The first kappa shape index (κ1) is 19.3. The molecule has 28 heavy (non-hydrogen) atoms. The molecule has 0 spiro atoms. The molecule has 0 unspecified atom stereocenters. The van der Waals surface area contributed by atoms with Gasteiger partial charge in [0.1, 0.15) is 5.82 Å². The van der Waals surface area contributed by atoms with E-state index in [9.17, 15) is 13.6 Å². The lowest BCUT2D eigenvalue weighted by molar-refractivity contribution is -0.133. The van der Waals surface area contributed by atoms with Gasteiger partial charge >= 0.3 is 6.55 Å². The van der Waals surface area contributed by atoms with Gasteiger partial charge in [-0.3, -0.25) is 19.2 Å². The predicted molar refractivity (Wildman–Crippen MR) is 103 cm³/mol. The van der Waals surface area contributed by atoms with Crippen LogP contribution in [-0.2, 0) is 11.3 Å². The standard InChI is InChI=1S/C20H27F2N5O/c21-20(22)27-17-7-3-2-6-16(17)23-18(27)14-24-10-12-25(13-11-24)15-19(28)26-8-4-1-5-9-26/h2-3,6-7,20H,1,4-5,8-15H2. The van der Waals surface area contributed by atoms with E-state index in [0.717, 1.165) is 56.7 Å². The summed E-state index contributed by atoms with van der Waals surface area (Å²) in [5.41, 5.74) is 1.07. The average molecular weight is 391 g/mol.